The molecule has 1 aliphatic carbocycles. The number of carbonyl (C=O) groups excluding carboxylic acids is 1. The Hall–Kier alpha value is -2.32. The number of benzene rings is 1. The van der Waals surface area contributed by atoms with Crippen molar-refractivity contribution in [2.24, 2.45) is 15.9 Å². The summed E-state index contributed by atoms with van der Waals surface area (Å²) >= 11 is 0. The van der Waals surface area contributed by atoms with E-state index in [1.165, 1.54) is 6.20 Å². The van der Waals surface area contributed by atoms with Crippen LogP contribution in [0.5, 0.6) is 0 Å². The number of rotatable bonds is 9. The molecule has 0 aromatic heterocycles. The van der Waals surface area contributed by atoms with Crippen molar-refractivity contribution in [3.8, 4) is 0 Å². The summed E-state index contributed by atoms with van der Waals surface area (Å²) in [5.74, 6) is 0.0101. The highest BCUT2D eigenvalue weighted by Crippen LogP contribution is 2.35. The standard InChI is InChI=1S/C22H29N3O4S/c1-3-24-15-21(23-2)25-22(26)20(14-16-10-12-29-13-11-16)17-4-6-18(7-5-17)30(27,28)19-8-9-19/h3-7,15-16,19-20H,2,8-14H2,1H3,(H,25,26)/b21-15+,24-3-/t20-/m1/s1. The fourth-order valence-electron chi connectivity index (χ4n) is 3.64. The molecule has 0 unspecified atom stereocenters. The van der Waals surface area contributed by atoms with Crippen molar-refractivity contribution in [1.82, 2.24) is 5.32 Å². The first-order valence-corrected chi connectivity index (χ1v) is 11.9. The van der Waals surface area contributed by atoms with Crippen molar-refractivity contribution in [2.45, 2.75) is 55.1 Å². The van der Waals surface area contributed by atoms with Crippen LogP contribution >= 0.6 is 0 Å². The Bertz CT molecular complexity index is 912. The number of ether oxygens (including phenoxy) is 1. The molecule has 1 aromatic carbocycles. The smallest absolute Gasteiger partial charge is 0.233 e. The van der Waals surface area contributed by atoms with Crippen LogP contribution in [0.25, 0.3) is 0 Å². The molecule has 30 heavy (non-hydrogen) atoms. The van der Waals surface area contributed by atoms with Crippen LogP contribution in [0.4, 0.5) is 0 Å². The maximum Gasteiger partial charge on any atom is 0.233 e. The fraction of sp³-hybridized carbons (Fsp3) is 0.500. The number of sulfone groups is 1. The zero-order valence-corrected chi connectivity index (χ0v) is 18.1. The molecule has 1 saturated carbocycles. The van der Waals surface area contributed by atoms with Crippen LogP contribution in [-0.4, -0.2) is 45.7 Å². The van der Waals surface area contributed by atoms with Gasteiger partial charge in [0.2, 0.25) is 5.91 Å². The molecule has 7 nitrogen and oxygen atoms in total. The van der Waals surface area contributed by atoms with Crippen LogP contribution in [0.3, 0.4) is 0 Å². The van der Waals surface area contributed by atoms with Crippen LogP contribution < -0.4 is 5.32 Å². The number of nitrogens with one attached hydrogen (secondary N) is 1. The second kappa shape index (κ2) is 10.1. The molecular formula is C22H29N3O4S. The lowest BCUT2D eigenvalue weighted by molar-refractivity contribution is -0.122. The third-order valence-corrected chi connectivity index (χ3v) is 7.85. The summed E-state index contributed by atoms with van der Waals surface area (Å²) in [6, 6.07) is 6.76. The van der Waals surface area contributed by atoms with Gasteiger partial charge in [-0.15, -0.1) is 0 Å². The first-order valence-electron chi connectivity index (χ1n) is 10.3. The molecule has 1 saturated heterocycles. The summed E-state index contributed by atoms with van der Waals surface area (Å²) in [5.41, 5.74) is 0.788. The van der Waals surface area contributed by atoms with E-state index >= 15 is 0 Å². The van der Waals surface area contributed by atoms with E-state index in [0.29, 0.717) is 30.4 Å². The predicted molar refractivity (Wildman–Crippen MR) is 117 cm³/mol. The topological polar surface area (TPSA) is 97.2 Å². The molecule has 1 heterocycles. The van der Waals surface area contributed by atoms with Crippen LogP contribution in [-0.2, 0) is 19.4 Å². The highest BCUT2D eigenvalue weighted by atomic mass is 32.2. The minimum Gasteiger partial charge on any atom is -0.381 e. The number of hydrogen-bond acceptors (Lipinski definition) is 6. The Morgan fingerprint density at radius 3 is 2.47 bits per heavy atom. The normalized spacial score (nSPS) is 19.6. The fourth-order valence-corrected chi connectivity index (χ4v) is 5.30. The number of nitrogens with zero attached hydrogens (tertiary/aromatic N) is 2. The van der Waals surface area contributed by atoms with E-state index in [1.54, 1.807) is 37.4 Å². The molecule has 1 amide bonds. The average Bonchev–Trinajstić information content (AvgIpc) is 3.62. The minimum atomic E-state index is -3.25. The number of aliphatic imine (C=N–C) groups is 2. The Balaban J connectivity index is 1.82. The summed E-state index contributed by atoms with van der Waals surface area (Å²) in [6.45, 7) is 6.65. The Morgan fingerprint density at radius 2 is 1.90 bits per heavy atom. The van der Waals surface area contributed by atoms with E-state index in [0.717, 1.165) is 31.2 Å². The third kappa shape index (κ3) is 5.64. The summed E-state index contributed by atoms with van der Waals surface area (Å²) in [4.78, 5) is 21.2. The molecule has 1 aromatic rings. The van der Waals surface area contributed by atoms with Crippen molar-refractivity contribution < 1.29 is 17.9 Å². The summed E-state index contributed by atoms with van der Waals surface area (Å²) in [6.07, 6.45) is 6.95. The second-order valence-electron chi connectivity index (χ2n) is 7.73. The Morgan fingerprint density at radius 1 is 1.23 bits per heavy atom. The molecule has 2 aliphatic rings. The van der Waals surface area contributed by atoms with Gasteiger partial charge < -0.3 is 10.1 Å². The lowest BCUT2D eigenvalue weighted by atomic mass is 9.84. The minimum absolute atomic E-state index is 0.204. The molecule has 8 heteroatoms. The van der Waals surface area contributed by atoms with E-state index in [9.17, 15) is 13.2 Å². The first-order chi connectivity index (χ1) is 14.5. The van der Waals surface area contributed by atoms with Gasteiger partial charge in [0.1, 0.15) is 5.82 Å². The molecule has 1 atom stereocenters. The lowest BCUT2D eigenvalue weighted by Crippen LogP contribution is -2.31. The van der Waals surface area contributed by atoms with Crippen molar-refractivity contribution in [1.29, 1.82) is 0 Å². The molecule has 1 N–H and O–H groups in total. The van der Waals surface area contributed by atoms with Gasteiger partial charge in [-0.2, -0.15) is 0 Å². The molecule has 2 fully saturated rings. The van der Waals surface area contributed by atoms with E-state index in [2.05, 4.69) is 22.0 Å². The highest BCUT2D eigenvalue weighted by Gasteiger charge is 2.37. The Labute approximate surface area is 178 Å². The average molecular weight is 432 g/mol. The summed E-state index contributed by atoms with van der Waals surface area (Å²) in [7, 11) is -3.25. The van der Waals surface area contributed by atoms with Gasteiger partial charge in [0.05, 0.1) is 22.3 Å². The predicted octanol–water partition coefficient (Wildman–Crippen LogP) is 3.23. The quantitative estimate of drug-likeness (QED) is 0.607. The molecular weight excluding hydrogens is 402 g/mol. The van der Waals surface area contributed by atoms with Crippen molar-refractivity contribution >= 4 is 28.7 Å². The summed E-state index contributed by atoms with van der Waals surface area (Å²) in [5, 5.41) is 2.54. The molecule has 162 valence electrons. The molecule has 0 radical (unpaired) electrons. The number of carbonyl (C=O) groups is 1. The van der Waals surface area contributed by atoms with Crippen LogP contribution in [0, 0.1) is 5.92 Å². The van der Waals surface area contributed by atoms with Gasteiger partial charge in [-0.25, -0.2) is 13.4 Å². The van der Waals surface area contributed by atoms with Crippen LogP contribution in [0.15, 0.2) is 51.2 Å². The summed E-state index contributed by atoms with van der Waals surface area (Å²) < 4.78 is 30.4. The van der Waals surface area contributed by atoms with Gasteiger partial charge in [0, 0.05) is 19.4 Å². The maximum absolute atomic E-state index is 13.1. The van der Waals surface area contributed by atoms with Gasteiger partial charge in [-0.05, 0) is 69.4 Å². The van der Waals surface area contributed by atoms with E-state index in [4.69, 9.17) is 4.74 Å². The van der Waals surface area contributed by atoms with Gasteiger partial charge in [0.15, 0.2) is 9.84 Å². The second-order valence-corrected chi connectivity index (χ2v) is 9.95. The van der Waals surface area contributed by atoms with Gasteiger partial charge in [-0.3, -0.25) is 9.79 Å². The molecule has 0 bridgehead atoms. The zero-order chi connectivity index (χ0) is 21.6. The van der Waals surface area contributed by atoms with Crippen molar-refractivity contribution in [2.75, 3.05) is 13.2 Å². The molecule has 1 aliphatic heterocycles. The number of hydrogen-bond donors (Lipinski definition) is 1. The van der Waals surface area contributed by atoms with Gasteiger partial charge in [-0.1, -0.05) is 12.1 Å². The van der Waals surface area contributed by atoms with Crippen LogP contribution in [0.1, 0.15) is 50.5 Å². The molecule has 0 spiro atoms. The van der Waals surface area contributed by atoms with Crippen molar-refractivity contribution in [3.63, 3.8) is 0 Å². The van der Waals surface area contributed by atoms with Crippen molar-refractivity contribution in [3.05, 3.63) is 41.8 Å². The van der Waals surface area contributed by atoms with Gasteiger partial charge >= 0.3 is 0 Å². The Kier molecular flexibility index (Phi) is 7.55. The third-order valence-electron chi connectivity index (χ3n) is 5.57. The monoisotopic (exact) mass is 431 g/mol. The highest BCUT2D eigenvalue weighted by molar-refractivity contribution is 7.92. The zero-order valence-electron chi connectivity index (χ0n) is 17.3. The molecule has 3 rings (SSSR count). The lowest BCUT2D eigenvalue weighted by Gasteiger charge is -2.26. The van der Waals surface area contributed by atoms with E-state index in [-0.39, 0.29) is 17.0 Å². The van der Waals surface area contributed by atoms with E-state index in [1.807, 2.05) is 0 Å². The SMILES string of the molecule is C=N/C(=C\N=C/C)NC(=O)[C@H](CC1CCOCC1)c1ccc(S(=O)(=O)C2CC2)cc1. The number of amides is 1. The largest absolute Gasteiger partial charge is 0.381 e. The maximum atomic E-state index is 13.1. The first kappa shape index (κ1) is 22.4. The van der Waals surface area contributed by atoms with E-state index < -0.39 is 15.8 Å². The van der Waals surface area contributed by atoms with Gasteiger partial charge in [0.25, 0.3) is 0 Å². The van der Waals surface area contributed by atoms with Crippen LogP contribution in [0.2, 0.25) is 0 Å².